The second-order valence-electron chi connectivity index (χ2n) is 4.15. The fourth-order valence-electron chi connectivity index (χ4n) is 2.08. The van der Waals surface area contributed by atoms with E-state index in [4.69, 9.17) is 0 Å². The van der Waals surface area contributed by atoms with Crippen LogP contribution in [0, 0.1) is 0 Å². The quantitative estimate of drug-likeness (QED) is 0.822. The third-order valence-corrected chi connectivity index (χ3v) is 4.35. The van der Waals surface area contributed by atoms with Crippen LogP contribution < -0.4 is 5.32 Å². The van der Waals surface area contributed by atoms with Gasteiger partial charge in [-0.25, -0.2) is 0 Å². The Labute approximate surface area is 96.7 Å². The van der Waals surface area contributed by atoms with Crippen molar-refractivity contribution in [2.75, 3.05) is 12.4 Å². The minimum atomic E-state index is 0.860. The van der Waals surface area contributed by atoms with Crippen LogP contribution in [0.5, 0.6) is 0 Å². The Balaban J connectivity index is 1.91. The smallest absolute Gasteiger partial charge is 0.0338 e. The maximum atomic E-state index is 3.15. The molecule has 0 atom stereocenters. The Bertz CT molecular complexity index is 288. The van der Waals surface area contributed by atoms with Crippen LogP contribution in [0.3, 0.4) is 0 Å². The van der Waals surface area contributed by atoms with Gasteiger partial charge in [-0.05, 0) is 37.1 Å². The third-order valence-electron chi connectivity index (χ3n) is 3.00. The summed E-state index contributed by atoms with van der Waals surface area (Å²) in [5, 5.41) is 4.01. The highest BCUT2D eigenvalue weighted by atomic mass is 32.2. The fraction of sp³-hybridized carbons (Fsp3) is 0.538. The van der Waals surface area contributed by atoms with E-state index in [9.17, 15) is 0 Å². The lowest BCUT2D eigenvalue weighted by molar-refractivity contribution is 0.516. The van der Waals surface area contributed by atoms with Gasteiger partial charge in [0.05, 0.1) is 0 Å². The normalized spacial score (nSPS) is 17.7. The van der Waals surface area contributed by atoms with E-state index in [-0.39, 0.29) is 0 Å². The molecular weight excluding hydrogens is 202 g/mol. The molecule has 0 spiro atoms. The van der Waals surface area contributed by atoms with Crippen LogP contribution in [0.1, 0.15) is 32.1 Å². The molecule has 1 saturated carbocycles. The van der Waals surface area contributed by atoms with Gasteiger partial charge in [0.2, 0.25) is 0 Å². The van der Waals surface area contributed by atoms with Gasteiger partial charge in [-0.1, -0.05) is 19.3 Å². The average molecular weight is 221 g/mol. The van der Waals surface area contributed by atoms with Gasteiger partial charge in [0.15, 0.2) is 0 Å². The van der Waals surface area contributed by atoms with Gasteiger partial charge in [0.1, 0.15) is 0 Å². The zero-order valence-corrected chi connectivity index (χ0v) is 10.1. The highest BCUT2D eigenvalue weighted by molar-refractivity contribution is 8.00. The summed E-state index contributed by atoms with van der Waals surface area (Å²) in [7, 11) is 1.96. The highest BCUT2D eigenvalue weighted by Gasteiger charge is 2.14. The first-order valence-electron chi connectivity index (χ1n) is 5.83. The number of thioether (sulfide) groups is 1. The summed E-state index contributed by atoms with van der Waals surface area (Å²) in [6.45, 7) is 0. The Hall–Kier alpha value is -0.630. The summed E-state index contributed by atoms with van der Waals surface area (Å²) < 4.78 is 0. The van der Waals surface area contributed by atoms with E-state index in [1.54, 1.807) is 0 Å². The van der Waals surface area contributed by atoms with Crippen LogP contribution in [0.15, 0.2) is 29.2 Å². The Kier molecular flexibility index (Phi) is 3.95. The summed E-state index contributed by atoms with van der Waals surface area (Å²) in [6.07, 6.45) is 7.09. The van der Waals surface area contributed by atoms with Gasteiger partial charge in [0, 0.05) is 22.9 Å². The fourth-order valence-corrected chi connectivity index (χ4v) is 3.32. The van der Waals surface area contributed by atoms with E-state index < -0.39 is 0 Å². The molecule has 1 aromatic rings. The number of rotatable bonds is 3. The van der Waals surface area contributed by atoms with E-state index in [0.717, 1.165) is 5.25 Å². The Morgan fingerprint density at radius 1 is 1.07 bits per heavy atom. The molecule has 1 nitrogen and oxygen atoms in total. The van der Waals surface area contributed by atoms with Crippen LogP contribution in [0.25, 0.3) is 0 Å². The van der Waals surface area contributed by atoms with Gasteiger partial charge < -0.3 is 5.32 Å². The lowest BCUT2D eigenvalue weighted by atomic mass is 10.0. The number of benzene rings is 1. The topological polar surface area (TPSA) is 12.0 Å². The number of nitrogens with one attached hydrogen (secondary N) is 1. The monoisotopic (exact) mass is 221 g/mol. The zero-order chi connectivity index (χ0) is 10.5. The van der Waals surface area contributed by atoms with Crippen LogP contribution >= 0.6 is 11.8 Å². The van der Waals surface area contributed by atoms with Crippen molar-refractivity contribution >= 4 is 17.4 Å². The third kappa shape index (κ3) is 3.16. The first kappa shape index (κ1) is 10.9. The molecule has 0 radical (unpaired) electrons. The maximum Gasteiger partial charge on any atom is 0.0338 e. The molecule has 2 heteroatoms. The molecule has 0 saturated heterocycles. The predicted molar refractivity (Wildman–Crippen MR) is 68.7 cm³/mol. The van der Waals surface area contributed by atoms with Crippen LogP contribution in [0.2, 0.25) is 0 Å². The summed E-state index contributed by atoms with van der Waals surface area (Å²) in [5.74, 6) is 0. The van der Waals surface area contributed by atoms with E-state index in [2.05, 4.69) is 41.3 Å². The first-order valence-corrected chi connectivity index (χ1v) is 6.71. The van der Waals surface area contributed by atoms with Crippen molar-refractivity contribution in [3.63, 3.8) is 0 Å². The number of hydrogen-bond acceptors (Lipinski definition) is 2. The van der Waals surface area contributed by atoms with E-state index >= 15 is 0 Å². The molecule has 15 heavy (non-hydrogen) atoms. The Morgan fingerprint density at radius 2 is 1.73 bits per heavy atom. The largest absolute Gasteiger partial charge is 0.388 e. The minimum Gasteiger partial charge on any atom is -0.388 e. The number of hydrogen-bond donors (Lipinski definition) is 1. The summed E-state index contributed by atoms with van der Waals surface area (Å²) in [4.78, 5) is 1.42. The van der Waals surface area contributed by atoms with Gasteiger partial charge in [0.25, 0.3) is 0 Å². The minimum absolute atomic E-state index is 0.860. The van der Waals surface area contributed by atoms with Crippen molar-refractivity contribution in [1.29, 1.82) is 0 Å². The molecule has 0 unspecified atom stereocenters. The van der Waals surface area contributed by atoms with E-state index in [0.29, 0.717) is 0 Å². The second kappa shape index (κ2) is 5.45. The molecule has 0 aliphatic heterocycles. The van der Waals surface area contributed by atoms with Crippen LogP contribution in [-0.4, -0.2) is 12.3 Å². The molecule has 0 bridgehead atoms. The molecule has 1 aromatic carbocycles. The zero-order valence-electron chi connectivity index (χ0n) is 9.33. The molecule has 0 amide bonds. The maximum absolute atomic E-state index is 3.15. The molecule has 0 heterocycles. The summed E-state index contributed by atoms with van der Waals surface area (Å²) >= 11 is 2.06. The van der Waals surface area contributed by atoms with Crippen molar-refractivity contribution in [1.82, 2.24) is 0 Å². The van der Waals surface area contributed by atoms with Crippen molar-refractivity contribution in [2.45, 2.75) is 42.2 Å². The molecule has 1 aliphatic carbocycles. The van der Waals surface area contributed by atoms with Crippen molar-refractivity contribution in [2.24, 2.45) is 0 Å². The highest BCUT2D eigenvalue weighted by Crippen LogP contribution is 2.33. The van der Waals surface area contributed by atoms with E-state index in [1.165, 1.54) is 42.7 Å². The molecule has 1 aliphatic rings. The predicted octanol–water partition coefficient (Wildman–Crippen LogP) is 4.15. The van der Waals surface area contributed by atoms with Gasteiger partial charge in [-0.3, -0.25) is 0 Å². The molecule has 1 N–H and O–H groups in total. The lowest BCUT2D eigenvalue weighted by Crippen LogP contribution is -2.07. The second-order valence-corrected chi connectivity index (χ2v) is 5.53. The van der Waals surface area contributed by atoms with Crippen LogP contribution in [-0.2, 0) is 0 Å². The Morgan fingerprint density at radius 3 is 2.33 bits per heavy atom. The van der Waals surface area contributed by atoms with E-state index in [1.807, 2.05) is 7.05 Å². The van der Waals surface area contributed by atoms with Gasteiger partial charge in [-0.15, -0.1) is 11.8 Å². The molecular formula is C13H19NS. The van der Waals surface area contributed by atoms with Gasteiger partial charge >= 0.3 is 0 Å². The first-order chi connectivity index (χ1) is 7.38. The average Bonchev–Trinajstić information content (AvgIpc) is 2.31. The molecule has 2 rings (SSSR count). The lowest BCUT2D eigenvalue weighted by Gasteiger charge is -2.20. The van der Waals surface area contributed by atoms with Crippen molar-refractivity contribution in [3.05, 3.63) is 24.3 Å². The standard InChI is InChI=1S/C13H19NS/c1-14-11-7-9-13(10-8-11)15-12-5-3-2-4-6-12/h7-10,12,14H,2-6H2,1H3. The van der Waals surface area contributed by atoms with Crippen molar-refractivity contribution < 1.29 is 0 Å². The summed E-state index contributed by atoms with van der Waals surface area (Å²) in [6, 6.07) is 8.77. The molecule has 0 aromatic heterocycles. The SMILES string of the molecule is CNc1ccc(SC2CCCCC2)cc1. The molecule has 1 fully saturated rings. The van der Waals surface area contributed by atoms with Gasteiger partial charge in [-0.2, -0.15) is 0 Å². The number of anilines is 1. The summed E-state index contributed by atoms with van der Waals surface area (Å²) in [5.41, 5.74) is 1.20. The van der Waals surface area contributed by atoms with Crippen molar-refractivity contribution in [3.8, 4) is 0 Å². The van der Waals surface area contributed by atoms with Crippen LogP contribution in [0.4, 0.5) is 5.69 Å². The molecule has 82 valence electrons.